The molecule has 0 bridgehead atoms. The SMILES string of the molecule is CNS(=O)(=O)Cc1cccc(CNC(=O)NCCc2ccc(C(F)(F)F)cc2)c1. The van der Waals surface area contributed by atoms with Gasteiger partial charge >= 0.3 is 12.2 Å². The van der Waals surface area contributed by atoms with Crippen molar-refractivity contribution in [3.8, 4) is 0 Å². The molecule has 0 aliphatic heterocycles. The summed E-state index contributed by atoms with van der Waals surface area (Å²) in [6.45, 7) is 0.469. The van der Waals surface area contributed by atoms with Crippen molar-refractivity contribution < 1.29 is 26.4 Å². The molecule has 3 N–H and O–H groups in total. The summed E-state index contributed by atoms with van der Waals surface area (Å²) >= 11 is 0. The van der Waals surface area contributed by atoms with Crippen molar-refractivity contribution in [1.29, 1.82) is 0 Å². The second-order valence-corrected chi connectivity index (χ2v) is 8.26. The van der Waals surface area contributed by atoms with Gasteiger partial charge in [-0.3, -0.25) is 0 Å². The third-order valence-corrected chi connectivity index (χ3v) is 5.43. The van der Waals surface area contributed by atoms with Crippen molar-refractivity contribution in [3.05, 3.63) is 70.8 Å². The molecular weight excluding hydrogens is 407 g/mol. The molecule has 158 valence electrons. The topological polar surface area (TPSA) is 87.3 Å². The van der Waals surface area contributed by atoms with Gasteiger partial charge in [-0.2, -0.15) is 13.2 Å². The molecule has 0 radical (unpaired) electrons. The summed E-state index contributed by atoms with van der Waals surface area (Å²) < 4.78 is 63.0. The van der Waals surface area contributed by atoms with E-state index in [4.69, 9.17) is 0 Å². The molecule has 2 aromatic carbocycles. The van der Waals surface area contributed by atoms with Crippen LogP contribution in [0.4, 0.5) is 18.0 Å². The molecule has 0 saturated heterocycles. The molecule has 0 atom stereocenters. The van der Waals surface area contributed by atoms with Crippen LogP contribution in [0, 0.1) is 0 Å². The predicted octanol–water partition coefficient (Wildman–Crippen LogP) is 2.80. The van der Waals surface area contributed by atoms with Gasteiger partial charge in [-0.1, -0.05) is 36.4 Å². The number of nitrogens with one attached hydrogen (secondary N) is 3. The van der Waals surface area contributed by atoms with Crippen molar-refractivity contribution in [3.63, 3.8) is 0 Å². The standard InChI is InChI=1S/C19H22F3N3O3S/c1-23-29(27,28)13-16-4-2-3-15(11-16)12-25-18(26)24-10-9-14-5-7-17(8-6-14)19(20,21)22/h2-8,11,23H,9-10,12-13H2,1H3,(H2,24,25,26). The van der Waals surface area contributed by atoms with Gasteiger partial charge in [-0.15, -0.1) is 0 Å². The van der Waals surface area contributed by atoms with E-state index in [1.807, 2.05) is 0 Å². The second kappa shape index (κ2) is 9.75. The van der Waals surface area contributed by atoms with Gasteiger partial charge in [0.05, 0.1) is 11.3 Å². The Kier molecular flexibility index (Phi) is 7.63. The summed E-state index contributed by atoms with van der Waals surface area (Å²) in [7, 11) is -2.04. The first-order valence-corrected chi connectivity index (χ1v) is 10.4. The van der Waals surface area contributed by atoms with Crippen LogP contribution in [0.1, 0.15) is 22.3 Å². The lowest BCUT2D eigenvalue weighted by molar-refractivity contribution is -0.137. The number of halogens is 3. The minimum absolute atomic E-state index is 0.156. The Hall–Kier alpha value is -2.59. The number of rotatable bonds is 8. The Morgan fingerprint density at radius 1 is 0.966 bits per heavy atom. The van der Waals surface area contributed by atoms with E-state index in [0.717, 1.165) is 17.7 Å². The first kappa shape index (κ1) is 22.7. The molecule has 0 fully saturated rings. The van der Waals surface area contributed by atoms with Crippen LogP contribution in [0.25, 0.3) is 0 Å². The lowest BCUT2D eigenvalue weighted by atomic mass is 10.1. The van der Waals surface area contributed by atoms with Gasteiger partial charge in [0.1, 0.15) is 0 Å². The fourth-order valence-electron chi connectivity index (χ4n) is 2.55. The Bertz CT molecular complexity index is 930. The summed E-state index contributed by atoms with van der Waals surface area (Å²) in [5, 5.41) is 5.28. The molecule has 2 aromatic rings. The summed E-state index contributed by atoms with van der Waals surface area (Å²) in [5.41, 5.74) is 1.31. The highest BCUT2D eigenvalue weighted by Crippen LogP contribution is 2.29. The van der Waals surface area contributed by atoms with E-state index < -0.39 is 27.8 Å². The van der Waals surface area contributed by atoms with Crippen molar-refractivity contribution in [1.82, 2.24) is 15.4 Å². The average Bonchev–Trinajstić information content (AvgIpc) is 2.66. The number of hydrogen-bond donors (Lipinski definition) is 3. The number of urea groups is 1. The molecular formula is C19H22F3N3O3S. The maximum atomic E-state index is 12.5. The maximum absolute atomic E-state index is 12.5. The monoisotopic (exact) mass is 429 g/mol. The van der Waals surface area contributed by atoms with Crippen LogP contribution in [0.15, 0.2) is 48.5 Å². The molecule has 0 saturated carbocycles. The highest BCUT2D eigenvalue weighted by molar-refractivity contribution is 7.88. The van der Waals surface area contributed by atoms with E-state index in [2.05, 4.69) is 15.4 Å². The second-order valence-electron chi connectivity index (χ2n) is 6.34. The molecule has 0 spiro atoms. The van der Waals surface area contributed by atoms with Crippen LogP contribution >= 0.6 is 0 Å². The molecule has 2 amide bonds. The Labute approximate surface area is 167 Å². The Morgan fingerprint density at radius 3 is 2.24 bits per heavy atom. The number of hydrogen-bond acceptors (Lipinski definition) is 3. The number of carbonyl (C=O) groups is 1. The van der Waals surface area contributed by atoms with Crippen LogP contribution in [0.5, 0.6) is 0 Å². The van der Waals surface area contributed by atoms with Crippen molar-refractivity contribution in [2.75, 3.05) is 13.6 Å². The smallest absolute Gasteiger partial charge is 0.338 e. The quantitative estimate of drug-likeness (QED) is 0.603. The van der Waals surface area contributed by atoms with Gasteiger partial charge in [-0.05, 0) is 42.3 Å². The van der Waals surface area contributed by atoms with Gasteiger partial charge in [0.15, 0.2) is 0 Å². The molecule has 10 heteroatoms. The van der Waals surface area contributed by atoms with Gasteiger partial charge in [0.25, 0.3) is 0 Å². The lowest BCUT2D eigenvalue weighted by Crippen LogP contribution is -2.36. The van der Waals surface area contributed by atoms with Gasteiger partial charge < -0.3 is 10.6 Å². The summed E-state index contributed by atoms with van der Waals surface area (Å²) in [6, 6.07) is 11.2. The molecule has 0 aliphatic carbocycles. The number of amides is 2. The van der Waals surface area contributed by atoms with Crippen LogP contribution < -0.4 is 15.4 Å². The largest absolute Gasteiger partial charge is 0.416 e. The van der Waals surface area contributed by atoms with Gasteiger partial charge in [-0.25, -0.2) is 17.9 Å². The number of carbonyl (C=O) groups excluding carboxylic acids is 1. The lowest BCUT2D eigenvalue weighted by Gasteiger charge is -2.10. The molecule has 29 heavy (non-hydrogen) atoms. The maximum Gasteiger partial charge on any atom is 0.416 e. The van der Waals surface area contributed by atoms with Crippen LogP contribution in [-0.2, 0) is 34.9 Å². The Morgan fingerprint density at radius 2 is 1.62 bits per heavy atom. The highest BCUT2D eigenvalue weighted by Gasteiger charge is 2.29. The van der Waals surface area contributed by atoms with Crippen LogP contribution in [0.2, 0.25) is 0 Å². The normalized spacial score (nSPS) is 11.9. The summed E-state index contributed by atoms with van der Waals surface area (Å²) in [6.07, 6.45) is -3.98. The van der Waals surface area contributed by atoms with Gasteiger partial charge in [0, 0.05) is 13.1 Å². The summed E-state index contributed by atoms with van der Waals surface area (Å²) in [4.78, 5) is 11.9. The van der Waals surface area contributed by atoms with Crippen molar-refractivity contribution in [2.24, 2.45) is 0 Å². The number of sulfonamides is 1. The van der Waals surface area contributed by atoms with E-state index >= 15 is 0 Å². The third-order valence-electron chi connectivity index (χ3n) is 4.09. The minimum Gasteiger partial charge on any atom is -0.338 e. The molecule has 0 aromatic heterocycles. The fourth-order valence-corrected chi connectivity index (χ4v) is 3.31. The first-order chi connectivity index (χ1) is 13.6. The van der Waals surface area contributed by atoms with E-state index in [9.17, 15) is 26.4 Å². The molecule has 2 rings (SSSR count). The highest BCUT2D eigenvalue weighted by atomic mass is 32.2. The summed E-state index contributed by atoms with van der Waals surface area (Å²) in [5.74, 6) is -0.156. The zero-order valence-electron chi connectivity index (χ0n) is 15.7. The molecule has 0 heterocycles. The molecule has 0 aliphatic rings. The van der Waals surface area contributed by atoms with Gasteiger partial charge in [0.2, 0.25) is 10.0 Å². The number of benzene rings is 2. The van der Waals surface area contributed by atoms with E-state index in [0.29, 0.717) is 17.5 Å². The fraction of sp³-hybridized carbons (Fsp3) is 0.316. The Balaban J connectivity index is 1.77. The van der Waals surface area contributed by atoms with Crippen LogP contribution in [0.3, 0.4) is 0 Å². The van der Waals surface area contributed by atoms with Crippen LogP contribution in [-0.4, -0.2) is 28.0 Å². The zero-order valence-corrected chi connectivity index (χ0v) is 16.5. The van der Waals surface area contributed by atoms with E-state index in [-0.39, 0.29) is 18.8 Å². The molecule has 0 unspecified atom stereocenters. The third kappa shape index (κ3) is 7.74. The minimum atomic E-state index is -4.37. The first-order valence-electron chi connectivity index (χ1n) is 8.76. The zero-order chi connectivity index (χ0) is 21.5. The van der Waals surface area contributed by atoms with Crippen molar-refractivity contribution >= 4 is 16.1 Å². The van der Waals surface area contributed by atoms with E-state index in [1.54, 1.807) is 24.3 Å². The number of alkyl halides is 3. The van der Waals surface area contributed by atoms with Crippen molar-refractivity contribution in [2.45, 2.75) is 24.9 Å². The average molecular weight is 429 g/mol. The molecule has 6 nitrogen and oxygen atoms in total. The van der Waals surface area contributed by atoms with E-state index in [1.165, 1.54) is 19.2 Å². The predicted molar refractivity (Wildman–Crippen MR) is 104 cm³/mol.